The number of ether oxygens (including phenoxy) is 1. The number of halogens is 3. The minimum Gasteiger partial charge on any atom is -0.406 e. The van der Waals surface area contributed by atoms with Crippen molar-refractivity contribution in [2.75, 3.05) is 31.1 Å². The zero-order chi connectivity index (χ0) is 21.3. The maximum Gasteiger partial charge on any atom is 0.573 e. The van der Waals surface area contributed by atoms with Crippen LogP contribution in [0, 0.1) is 6.92 Å². The Morgan fingerprint density at radius 2 is 1.83 bits per heavy atom. The normalized spacial score (nSPS) is 16.8. The van der Waals surface area contributed by atoms with Crippen molar-refractivity contribution in [2.24, 2.45) is 0 Å². The van der Waals surface area contributed by atoms with Crippen LogP contribution in [0.1, 0.15) is 11.1 Å². The van der Waals surface area contributed by atoms with Gasteiger partial charge in [-0.25, -0.2) is 9.97 Å². The minimum atomic E-state index is -4.71. The van der Waals surface area contributed by atoms with Crippen molar-refractivity contribution in [1.29, 1.82) is 0 Å². The van der Waals surface area contributed by atoms with Gasteiger partial charge < -0.3 is 14.7 Å². The highest BCUT2D eigenvalue weighted by molar-refractivity contribution is 7.17. The molecule has 1 aromatic carbocycles. The van der Waals surface area contributed by atoms with Gasteiger partial charge in [-0.1, -0.05) is 12.1 Å². The van der Waals surface area contributed by atoms with Crippen molar-refractivity contribution < 1.29 is 23.0 Å². The van der Waals surface area contributed by atoms with Crippen LogP contribution in [-0.4, -0.2) is 58.7 Å². The van der Waals surface area contributed by atoms with Gasteiger partial charge in [0.1, 0.15) is 29.0 Å². The predicted octanol–water partition coefficient (Wildman–Crippen LogP) is 3.58. The molecule has 2 aromatic heterocycles. The van der Waals surface area contributed by atoms with Crippen molar-refractivity contribution >= 4 is 27.4 Å². The Morgan fingerprint density at radius 3 is 2.50 bits per heavy atom. The van der Waals surface area contributed by atoms with Gasteiger partial charge in [-0.15, -0.1) is 24.5 Å². The second-order valence-electron chi connectivity index (χ2n) is 7.20. The molecule has 1 aliphatic rings. The third kappa shape index (κ3) is 4.66. The summed E-state index contributed by atoms with van der Waals surface area (Å²) in [7, 11) is 0. The molecule has 6 nitrogen and oxygen atoms in total. The van der Waals surface area contributed by atoms with E-state index in [1.165, 1.54) is 24.3 Å². The number of hydrogen-bond donors (Lipinski definition) is 1. The van der Waals surface area contributed by atoms with Crippen LogP contribution in [0.2, 0.25) is 0 Å². The van der Waals surface area contributed by atoms with Gasteiger partial charge >= 0.3 is 6.36 Å². The molecule has 160 valence electrons. The Bertz CT molecular complexity index is 1000. The first kappa shape index (κ1) is 20.8. The number of nitrogens with zero attached hydrogens (tertiary/aromatic N) is 4. The molecule has 1 saturated heterocycles. The number of alkyl halides is 3. The minimum absolute atomic E-state index is 0.269. The van der Waals surface area contributed by atoms with Crippen LogP contribution < -0.4 is 9.64 Å². The molecule has 10 heteroatoms. The van der Waals surface area contributed by atoms with Crippen molar-refractivity contribution in [3.05, 3.63) is 47.1 Å². The highest BCUT2D eigenvalue weighted by Crippen LogP contribution is 2.31. The summed E-state index contributed by atoms with van der Waals surface area (Å²) >= 11 is 1.60. The van der Waals surface area contributed by atoms with Crippen LogP contribution in [0.3, 0.4) is 0 Å². The fourth-order valence-electron chi connectivity index (χ4n) is 3.64. The van der Waals surface area contributed by atoms with Crippen LogP contribution in [0.15, 0.2) is 36.0 Å². The molecule has 0 bridgehead atoms. The zero-order valence-electron chi connectivity index (χ0n) is 16.3. The molecule has 1 aliphatic heterocycles. The lowest BCUT2D eigenvalue weighted by Gasteiger charge is -2.38. The third-order valence-corrected chi connectivity index (χ3v) is 6.15. The first-order chi connectivity index (χ1) is 14.3. The van der Waals surface area contributed by atoms with E-state index in [1.54, 1.807) is 17.7 Å². The lowest BCUT2D eigenvalue weighted by atomic mass is 10.1. The van der Waals surface area contributed by atoms with E-state index in [9.17, 15) is 18.3 Å². The summed E-state index contributed by atoms with van der Waals surface area (Å²) in [4.78, 5) is 14.0. The molecule has 0 saturated carbocycles. The van der Waals surface area contributed by atoms with Crippen LogP contribution in [-0.2, 0) is 6.42 Å². The topological polar surface area (TPSA) is 61.7 Å². The summed E-state index contributed by atoms with van der Waals surface area (Å²) in [6.07, 6.45) is -3.51. The number of piperazine rings is 1. The highest BCUT2D eigenvalue weighted by atomic mass is 32.1. The zero-order valence-corrected chi connectivity index (χ0v) is 17.1. The molecule has 0 radical (unpaired) electrons. The first-order valence-electron chi connectivity index (χ1n) is 9.51. The summed E-state index contributed by atoms with van der Waals surface area (Å²) in [5, 5.41) is 13.8. The average molecular weight is 438 g/mol. The van der Waals surface area contributed by atoms with Crippen molar-refractivity contribution in [3.63, 3.8) is 0 Å². The monoisotopic (exact) mass is 438 g/mol. The Labute approximate surface area is 175 Å². The Kier molecular flexibility index (Phi) is 5.81. The summed E-state index contributed by atoms with van der Waals surface area (Å²) in [6, 6.07) is 5.60. The fourth-order valence-corrected chi connectivity index (χ4v) is 4.52. The van der Waals surface area contributed by atoms with Gasteiger partial charge in [0.05, 0.1) is 5.39 Å². The quantitative estimate of drug-likeness (QED) is 0.657. The lowest BCUT2D eigenvalue weighted by molar-refractivity contribution is -0.274. The number of anilines is 1. The van der Waals surface area contributed by atoms with Crippen LogP contribution in [0.5, 0.6) is 5.75 Å². The second-order valence-corrected chi connectivity index (χ2v) is 8.05. The number of fused-ring (bicyclic) bond motifs is 1. The molecule has 1 N–H and O–H groups in total. The van der Waals surface area contributed by atoms with Gasteiger partial charge in [-0.05, 0) is 35.6 Å². The van der Waals surface area contributed by atoms with Crippen LogP contribution in [0.4, 0.5) is 19.0 Å². The Balaban J connectivity index is 1.35. The summed E-state index contributed by atoms with van der Waals surface area (Å²) in [5.41, 5.74) is 1.90. The molecule has 1 unspecified atom stereocenters. The Morgan fingerprint density at radius 1 is 1.13 bits per heavy atom. The summed E-state index contributed by atoms with van der Waals surface area (Å²) in [6.45, 7) is 4.81. The predicted molar refractivity (Wildman–Crippen MR) is 109 cm³/mol. The number of aliphatic hydroxyl groups excluding tert-OH is 1. The summed E-state index contributed by atoms with van der Waals surface area (Å²) < 4.78 is 40.7. The van der Waals surface area contributed by atoms with Gasteiger partial charge in [0.25, 0.3) is 0 Å². The molecule has 0 aliphatic carbocycles. The number of thiophene rings is 1. The van der Waals surface area contributed by atoms with E-state index >= 15 is 0 Å². The number of rotatable bonds is 5. The molecule has 1 atom stereocenters. The standard InChI is InChI=1S/C20H21F3N4O2S/c1-13-11-30-19-17(13)18(24-12-25-19)27-8-6-26(7-9-27)16(28)10-14-2-4-15(5-3-14)29-20(21,22)23/h2-5,11-12,16,28H,6-10H2,1H3. The van der Waals surface area contributed by atoms with Gasteiger partial charge in [0.15, 0.2) is 0 Å². The molecule has 1 fully saturated rings. The molecule has 4 rings (SSSR count). The van der Waals surface area contributed by atoms with Gasteiger partial charge in [0, 0.05) is 32.6 Å². The lowest BCUT2D eigenvalue weighted by Crippen LogP contribution is -2.51. The molecule has 3 aromatic rings. The van der Waals surface area contributed by atoms with Gasteiger partial charge in [-0.3, -0.25) is 4.90 Å². The number of aryl methyl sites for hydroxylation is 1. The number of aliphatic hydroxyl groups is 1. The maximum absolute atomic E-state index is 12.3. The smallest absolute Gasteiger partial charge is 0.406 e. The van der Waals surface area contributed by atoms with E-state index in [0.29, 0.717) is 19.5 Å². The van der Waals surface area contributed by atoms with Crippen LogP contribution >= 0.6 is 11.3 Å². The van der Waals surface area contributed by atoms with E-state index in [-0.39, 0.29) is 5.75 Å². The molecule has 0 spiro atoms. The van der Waals surface area contributed by atoms with Crippen molar-refractivity contribution in [1.82, 2.24) is 14.9 Å². The second kappa shape index (κ2) is 8.37. The third-order valence-electron chi connectivity index (χ3n) is 5.14. The van der Waals surface area contributed by atoms with E-state index < -0.39 is 12.6 Å². The summed E-state index contributed by atoms with van der Waals surface area (Å²) in [5.74, 6) is 0.655. The molecule has 3 heterocycles. The van der Waals surface area contributed by atoms with Crippen molar-refractivity contribution in [3.8, 4) is 5.75 Å². The van der Waals surface area contributed by atoms with E-state index in [1.807, 2.05) is 4.90 Å². The number of hydrogen-bond acceptors (Lipinski definition) is 7. The SMILES string of the molecule is Cc1csc2ncnc(N3CCN(C(O)Cc4ccc(OC(F)(F)F)cc4)CC3)c12. The fraction of sp³-hybridized carbons (Fsp3) is 0.400. The largest absolute Gasteiger partial charge is 0.573 e. The van der Waals surface area contributed by atoms with E-state index in [2.05, 4.69) is 31.9 Å². The van der Waals surface area contributed by atoms with Crippen molar-refractivity contribution in [2.45, 2.75) is 25.9 Å². The van der Waals surface area contributed by atoms with E-state index in [4.69, 9.17) is 0 Å². The number of aromatic nitrogens is 2. The van der Waals surface area contributed by atoms with Gasteiger partial charge in [0.2, 0.25) is 0 Å². The van der Waals surface area contributed by atoms with Crippen LogP contribution in [0.25, 0.3) is 10.2 Å². The molecule has 30 heavy (non-hydrogen) atoms. The molecular weight excluding hydrogens is 417 g/mol. The maximum atomic E-state index is 12.3. The molecule has 0 amide bonds. The van der Waals surface area contributed by atoms with E-state index in [0.717, 1.165) is 40.3 Å². The first-order valence-corrected chi connectivity index (χ1v) is 10.4. The molecular formula is C20H21F3N4O2S. The highest BCUT2D eigenvalue weighted by Gasteiger charge is 2.31. The number of benzene rings is 1. The van der Waals surface area contributed by atoms with Gasteiger partial charge in [-0.2, -0.15) is 0 Å². The average Bonchev–Trinajstić information content (AvgIpc) is 3.10. The Hall–Kier alpha value is -2.43.